The number of rotatable bonds is 5. The van der Waals surface area contributed by atoms with E-state index >= 15 is 0 Å². The van der Waals surface area contributed by atoms with Crippen molar-refractivity contribution in [2.24, 2.45) is 0 Å². The molecule has 0 saturated carbocycles. The first-order chi connectivity index (χ1) is 12.1. The molecule has 2 heterocycles. The fourth-order valence-corrected chi connectivity index (χ4v) is 2.02. The summed E-state index contributed by atoms with van der Waals surface area (Å²) in [6.45, 7) is 0.469. The molecule has 0 aliphatic heterocycles. The predicted molar refractivity (Wildman–Crippen MR) is 87.9 cm³/mol. The van der Waals surface area contributed by atoms with Crippen molar-refractivity contribution in [3.63, 3.8) is 0 Å². The van der Waals surface area contributed by atoms with Crippen molar-refractivity contribution in [3.8, 4) is 0 Å². The highest BCUT2D eigenvalue weighted by molar-refractivity contribution is 6.02. The summed E-state index contributed by atoms with van der Waals surface area (Å²) in [6, 6.07) is 8.20. The zero-order chi connectivity index (χ0) is 17.6. The van der Waals surface area contributed by atoms with Crippen molar-refractivity contribution in [2.45, 2.75) is 6.54 Å². The van der Waals surface area contributed by atoms with Gasteiger partial charge in [0.25, 0.3) is 5.91 Å². The van der Waals surface area contributed by atoms with E-state index in [2.05, 4.69) is 25.6 Å². The average Bonchev–Trinajstić information content (AvgIpc) is 2.64. The number of aromatic nitrogens is 3. The Bertz CT molecular complexity index is 889. The van der Waals surface area contributed by atoms with E-state index in [4.69, 9.17) is 0 Å². The van der Waals surface area contributed by atoms with Crippen molar-refractivity contribution in [3.05, 3.63) is 77.9 Å². The van der Waals surface area contributed by atoms with Crippen LogP contribution in [0.5, 0.6) is 0 Å². The van der Waals surface area contributed by atoms with Crippen LogP contribution < -0.4 is 10.6 Å². The first-order valence-corrected chi connectivity index (χ1v) is 7.34. The smallest absolute Gasteiger partial charge is 0.274 e. The first-order valence-electron chi connectivity index (χ1n) is 7.34. The lowest BCUT2D eigenvalue weighted by Crippen LogP contribution is -2.15. The van der Waals surface area contributed by atoms with Crippen LogP contribution in [-0.2, 0) is 6.54 Å². The van der Waals surface area contributed by atoms with E-state index in [1.807, 2.05) is 12.1 Å². The first kappa shape index (κ1) is 16.4. The van der Waals surface area contributed by atoms with Crippen LogP contribution in [0.4, 0.5) is 20.4 Å². The summed E-state index contributed by atoms with van der Waals surface area (Å²) >= 11 is 0. The number of halogens is 2. The lowest BCUT2D eigenvalue weighted by atomic mass is 10.3. The van der Waals surface area contributed by atoms with Gasteiger partial charge in [-0.15, -0.1) is 0 Å². The van der Waals surface area contributed by atoms with Crippen LogP contribution >= 0.6 is 0 Å². The van der Waals surface area contributed by atoms with Gasteiger partial charge in [-0.1, -0.05) is 0 Å². The molecular formula is C17H13F2N5O. The molecule has 6 nitrogen and oxygen atoms in total. The molecule has 126 valence electrons. The van der Waals surface area contributed by atoms with E-state index in [1.165, 1.54) is 18.3 Å². The zero-order valence-electron chi connectivity index (χ0n) is 12.9. The quantitative estimate of drug-likeness (QED) is 0.746. The van der Waals surface area contributed by atoms with E-state index in [9.17, 15) is 13.6 Å². The van der Waals surface area contributed by atoms with Gasteiger partial charge in [-0.25, -0.2) is 18.7 Å². The molecule has 0 fully saturated rings. The fraction of sp³-hybridized carbons (Fsp3) is 0.0588. The molecule has 2 aromatic heterocycles. The Kier molecular flexibility index (Phi) is 4.89. The molecule has 0 unspecified atom stereocenters. The summed E-state index contributed by atoms with van der Waals surface area (Å²) in [5, 5.41) is 5.45. The van der Waals surface area contributed by atoms with Gasteiger partial charge in [0.2, 0.25) is 5.95 Å². The Hall–Kier alpha value is -3.42. The highest BCUT2D eigenvalue weighted by Gasteiger charge is 2.11. The summed E-state index contributed by atoms with van der Waals surface area (Å²) in [5.74, 6) is -2.31. The standard InChI is InChI=1S/C17H13F2N5O/c18-13-2-1-12(9-14(13)19)23-16(25)15-5-8-21-17(24-15)22-10-11-3-6-20-7-4-11/h1-9H,10H2,(H,23,25)(H,21,22,24). The van der Waals surface area contributed by atoms with Crippen LogP contribution in [0.2, 0.25) is 0 Å². The van der Waals surface area contributed by atoms with Gasteiger partial charge in [-0.2, -0.15) is 0 Å². The number of nitrogens with zero attached hydrogens (tertiary/aromatic N) is 3. The van der Waals surface area contributed by atoms with E-state index in [-0.39, 0.29) is 17.3 Å². The second-order valence-corrected chi connectivity index (χ2v) is 5.06. The van der Waals surface area contributed by atoms with Crippen molar-refractivity contribution in [1.29, 1.82) is 0 Å². The highest BCUT2D eigenvalue weighted by atomic mass is 19.2. The molecule has 0 saturated heterocycles. The Morgan fingerprint density at radius 1 is 1.00 bits per heavy atom. The van der Waals surface area contributed by atoms with Gasteiger partial charge in [-0.3, -0.25) is 9.78 Å². The number of pyridine rings is 1. The van der Waals surface area contributed by atoms with E-state index in [0.717, 1.165) is 17.7 Å². The second-order valence-electron chi connectivity index (χ2n) is 5.06. The number of anilines is 2. The molecule has 0 aliphatic rings. The molecule has 0 aliphatic carbocycles. The van der Waals surface area contributed by atoms with E-state index < -0.39 is 17.5 Å². The van der Waals surface area contributed by atoms with Gasteiger partial charge in [-0.05, 0) is 35.9 Å². The molecular weight excluding hydrogens is 328 g/mol. The molecule has 0 radical (unpaired) electrons. The molecule has 0 spiro atoms. The number of nitrogens with one attached hydrogen (secondary N) is 2. The number of carbonyl (C=O) groups is 1. The minimum atomic E-state index is -1.04. The van der Waals surface area contributed by atoms with Crippen LogP contribution in [0.25, 0.3) is 0 Å². The SMILES string of the molecule is O=C(Nc1ccc(F)c(F)c1)c1ccnc(NCc2ccncc2)n1. The largest absolute Gasteiger partial charge is 0.350 e. The minimum Gasteiger partial charge on any atom is -0.350 e. The Balaban J connectivity index is 1.67. The van der Waals surface area contributed by atoms with Gasteiger partial charge in [0.15, 0.2) is 11.6 Å². The Morgan fingerprint density at radius 3 is 2.56 bits per heavy atom. The molecule has 3 rings (SSSR count). The molecule has 0 bridgehead atoms. The lowest BCUT2D eigenvalue weighted by Gasteiger charge is -2.08. The second kappa shape index (κ2) is 7.43. The number of amides is 1. The highest BCUT2D eigenvalue weighted by Crippen LogP contribution is 2.14. The minimum absolute atomic E-state index is 0.0944. The van der Waals surface area contributed by atoms with Crippen molar-refractivity contribution >= 4 is 17.5 Å². The third-order valence-corrected chi connectivity index (χ3v) is 3.27. The molecule has 1 aromatic carbocycles. The lowest BCUT2D eigenvalue weighted by molar-refractivity contribution is 0.102. The summed E-state index contributed by atoms with van der Waals surface area (Å²) in [5.41, 5.74) is 1.21. The Morgan fingerprint density at radius 2 is 1.80 bits per heavy atom. The molecule has 3 aromatic rings. The zero-order valence-corrected chi connectivity index (χ0v) is 12.9. The Labute approximate surface area is 142 Å². The molecule has 1 amide bonds. The number of benzene rings is 1. The van der Waals surface area contributed by atoms with Crippen LogP contribution in [0.15, 0.2) is 55.0 Å². The molecule has 2 N–H and O–H groups in total. The summed E-state index contributed by atoms with van der Waals surface area (Å²) in [6.07, 6.45) is 4.77. The van der Waals surface area contributed by atoms with Gasteiger partial charge >= 0.3 is 0 Å². The summed E-state index contributed by atoms with van der Waals surface area (Å²) < 4.78 is 26.1. The maximum atomic E-state index is 13.2. The van der Waals surface area contributed by atoms with Crippen LogP contribution in [-0.4, -0.2) is 20.9 Å². The third-order valence-electron chi connectivity index (χ3n) is 3.27. The van der Waals surface area contributed by atoms with Crippen molar-refractivity contribution in [1.82, 2.24) is 15.0 Å². The topological polar surface area (TPSA) is 79.8 Å². The van der Waals surface area contributed by atoms with Crippen molar-refractivity contribution in [2.75, 3.05) is 10.6 Å². The van der Waals surface area contributed by atoms with Crippen LogP contribution in [0, 0.1) is 11.6 Å². The average molecular weight is 341 g/mol. The van der Waals surface area contributed by atoms with Gasteiger partial charge in [0.1, 0.15) is 5.69 Å². The fourth-order valence-electron chi connectivity index (χ4n) is 2.02. The normalized spacial score (nSPS) is 10.3. The molecule has 25 heavy (non-hydrogen) atoms. The number of hydrogen-bond donors (Lipinski definition) is 2. The van der Waals surface area contributed by atoms with Crippen molar-refractivity contribution < 1.29 is 13.6 Å². The van der Waals surface area contributed by atoms with Crippen LogP contribution in [0.1, 0.15) is 16.1 Å². The predicted octanol–water partition coefficient (Wildman–Crippen LogP) is 3.01. The number of hydrogen-bond acceptors (Lipinski definition) is 5. The summed E-state index contributed by atoms with van der Waals surface area (Å²) in [7, 11) is 0. The van der Waals surface area contributed by atoms with E-state index in [1.54, 1.807) is 12.4 Å². The monoisotopic (exact) mass is 341 g/mol. The molecule has 0 atom stereocenters. The van der Waals surface area contributed by atoms with Gasteiger partial charge in [0.05, 0.1) is 0 Å². The van der Waals surface area contributed by atoms with Crippen LogP contribution in [0.3, 0.4) is 0 Å². The maximum absolute atomic E-state index is 13.2. The molecule has 8 heteroatoms. The summed E-state index contributed by atoms with van der Waals surface area (Å²) in [4.78, 5) is 24.3. The third kappa shape index (κ3) is 4.31. The van der Waals surface area contributed by atoms with E-state index in [0.29, 0.717) is 6.54 Å². The van der Waals surface area contributed by atoms with Gasteiger partial charge < -0.3 is 10.6 Å². The maximum Gasteiger partial charge on any atom is 0.274 e. The number of carbonyl (C=O) groups excluding carboxylic acids is 1. The van der Waals surface area contributed by atoms with Gasteiger partial charge in [0, 0.05) is 36.9 Å².